The summed E-state index contributed by atoms with van der Waals surface area (Å²) in [6.07, 6.45) is 0. The van der Waals surface area contributed by atoms with Crippen molar-refractivity contribution in [3.8, 4) is 22.8 Å². The first-order valence-electron chi connectivity index (χ1n) is 7.00. The van der Waals surface area contributed by atoms with Crippen molar-refractivity contribution in [2.45, 2.75) is 6.92 Å². The molecule has 5 heteroatoms. The number of fused-ring (bicyclic) bond motifs is 1. The van der Waals surface area contributed by atoms with E-state index in [4.69, 9.17) is 13.9 Å². The molecule has 0 saturated heterocycles. The number of hydrogen-bond donors (Lipinski definition) is 0. The van der Waals surface area contributed by atoms with Gasteiger partial charge in [-0.15, -0.1) is 0 Å². The second kappa shape index (κ2) is 5.76. The monoisotopic (exact) mass is 314 g/mol. The predicted molar refractivity (Wildman–Crippen MR) is 85.7 cm³/mol. The standard InChI is InChI=1S/C18H15FO4/c1-10-17(20)16-14(22-3)8-13(21-2)9-15(16)23-18(10)11-4-6-12(19)7-5-11/h4-9H,1-3H3. The largest absolute Gasteiger partial charge is 0.496 e. The third-order valence-corrected chi connectivity index (χ3v) is 3.72. The summed E-state index contributed by atoms with van der Waals surface area (Å²) in [4.78, 5) is 12.7. The fourth-order valence-corrected chi connectivity index (χ4v) is 2.50. The molecule has 0 saturated carbocycles. The number of rotatable bonds is 3. The second-order valence-electron chi connectivity index (χ2n) is 5.09. The van der Waals surface area contributed by atoms with E-state index >= 15 is 0 Å². The second-order valence-corrected chi connectivity index (χ2v) is 5.09. The molecule has 0 bridgehead atoms. The zero-order valence-corrected chi connectivity index (χ0v) is 13.0. The average Bonchev–Trinajstić information content (AvgIpc) is 2.57. The van der Waals surface area contributed by atoms with Gasteiger partial charge in [0.15, 0.2) is 5.43 Å². The molecule has 23 heavy (non-hydrogen) atoms. The molecule has 0 amide bonds. The fraction of sp³-hybridized carbons (Fsp3) is 0.167. The van der Waals surface area contributed by atoms with Crippen LogP contribution in [0.1, 0.15) is 5.56 Å². The summed E-state index contributed by atoms with van der Waals surface area (Å²) >= 11 is 0. The van der Waals surface area contributed by atoms with Gasteiger partial charge in [-0.1, -0.05) is 0 Å². The quantitative estimate of drug-likeness (QED) is 0.735. The molecule has 4 nitrogen and oxygen atoms in total. The average molecular weight is 314 g/mol. The van der Waals surface area contributed by atoms with Gasteiger partial charge in [0.2, 0.25) is 0 Å². The maximum atomic E-state index is 13.1. The van der Waals surface area contributed by atoms with Crippen LogP contribution in [-0.4, -0.2) is 14.2 Å². The third-order valence-electron chi connectivity index (χ3n) is 3.72. The van der Waals surface area contributed by atoms with Crippen LogP contribution in [0.15, 0.2) is 45.6 Å². The van der Waals surface area contributed by atoms with E-state index in [1.165, 1.54) is 26.4 Å². The van der Waals surface area contributed by atoms with E-state index in [0.29, 0.717) is 39.4 Å². The van der Waals surface area contributed by atoms with Gasteiger partial charge in [0.1, 0.15) is 34.0 Å². The molecule has 0 aliphatic heterocycles. The van der Waals surface area contributed by atoms with Crippen LogP contribution in [0.25, 0.3) is 22.3 Å². The predicted octanol–water partition coefficient (Wildman–Crippen LogP) is 3.92. The SMILES string of the molecule is COc1cc(OC)c2c(=O)c(C)c(-c3ccc(F)cc3)oc2c1. The van der Waals surface area contributed by atoms with Crippen LogP contribution in [0.5, 0.6) is 11.5 Å². The first-order valence-corrected chi connectivity index (χ1v) is 7.00. The van der Waals surface area contributed by atoms with Crippen LogP contribution in [0.4, 0.5) is 4.39 Å². The van der Waals surface area contributed by atoms with Crippen molar-refractivity contribution in [3.05, 3.63) is 58.0 Å². The Morgan fingerprint density at radius 1 is 1.04 bits per heavy atom. The molecule has 1 aromatic heterocycles. The summed E-state index contributed by atoms with van der Waals surface area (Å²) in [5.74, 6) is 0.962. The molecule has 0 N–H and O–H groups in total. The molecule has 0 radical (unpaired) electrons. The minimum atomic E-state index is -0.349. The van der Waals surface area contributed by atoms with E-state index in [-0.39, 0.29) is 11.2 Å². The number of ether oxygens (including phenoxy) is 2. The minimum absolute atomic E-state index is 0.190. The number of halogens is 1. The van der Waals surface area contributed by atoms with E-state index in [1.54, 1.807) is 31.2 Å². The summed E-state index contributed by atoms with van der Waals surface area (Å²) in [6.45, 7) is 1.67. The summed E-state index contributed by atoms with van der Waals surface area (Å²) in [6, 6.07) is 9.06. The van der Waals surface area contributed by atoms with Gasteiger partial charge in [-0.25, -0.2) is 4.39 Å². The molecule has 0 atom stereocenters. The highest BCUT2D eigenvalue weighted by Crippen LogP contribution is 2.33. The zero-order chi connectivity index (χ0) is 16.6. The Morgan fingerprint density at radius 3 is 2.35 bits per heavy atom. The Bertz CT molecular complexity index is 926. The third kappa shape index (κ3) is 2.54. The molecule has 3 rings (SSSR count). The van der Waals surface area contributed by atoms with E-state index in [1.807, 2.05) is 0 Å². The van der Waals surface area contributed by atoms with Crippen LogP contribution in [-0.2, 0) is 0 Å². The lowest BCUT2D eigenvalue weighted by molar-refractivity contribution is 0.396. The first-order chi connectivity index (χ1) is 11.0. The Balaban J connectivity index is 2.35. The van der Waals surface area contributed by atoms with Gasteiger partial charge in [0, 0.05) is 23.3 Å². The lowest BCUT2D eigenvalue weighted by Gasteiger charge is -2.11. The number of benzene rings is 2. The number of hydrogen-bond acceptors (Lipinski definition) is 4. The Labute approximate surface area is 132 Å². The van der Waals surface area contributed by atoms with Crippen molar-refractivity contribution < 1.29 is 18.3 Å². The topological polar surface area (TPSA) is 48.7 Å². The van der Waals surface area contributed by atoms with E-state index in [9.17, 15) is 9.18 Å². The van der Waals surface area contributed by atoms with Crippen molar-refractivity contribution in [2.24, 2.45) is 0 Å². The molecular weight excluding hydrogens is 299 g/mol. The normalized spacial score (nSPS) is 10.8. The van der Waals surface area contributed by atoms with Crippen LogP contribution < -0.4 is 14.9 Å². The van der Waals surface area contributed by atoms with Gasteiger partial charge < -0.3 is 13.9 Å². The van der Waals surface area contributed by atoms with E-state index in [0.717, 1.165) is 0 Å². The highest BCUT2D eigenvalue weighted by atomic mass is 19.1. The molecule has 118 valence electrons. The Morgan fingerprint density at radius 2 is 1.74 bits per heavy atom. The highest BCUT2D eigenvalue weighted by Gasteiger charge is 2.17. The first kappa shape index (κ1) is 15.1. The maximum absolute atomic E-state index is 13.1. The van der Waals surface area contributed by atoms with Crippen molar-refractivity contribution in [3.63, 3.8) is 0 Å². The molecule has 0 aliphatic carbocycles. The van der Waals surface area contributed by atoms with Crippen LogP contribution >= 0.6 is 0 Å². The van der Waals surface area contributed by atoms with Gasteiger partial charge in [0.05, 0.1) is 14.2 Å². The van der Waals surface area contributed by atoms with Gasteiger partial charge in [-0.05, 0) is 31.2 Å². The minimum Gasteiger partial charge on any atom is -0.496 e. The van der Waals surface area contributed by atoms with Crippen LogP contribution in [0, 0.1) is 12.7 Å². The van der Waals surface area contributed by atoms with Crippen molar-refractivity contribution in [2.75, 3.05) is 14.2 Å². The van der Waals surface area contributed by atoms with Crippen LogP contribution in [0.2, 0.25) is 0 Å². The van der Waals surface area contributed by atoms with Crippen molar-refractivity contribution in [1.82, 2.24) is 0 Å². The molecule has 3 aromatic rings. The van der Waals surface area contributed by atoms with E-state index in [2.05, 4.69) is 0 Å². The molecule has 2 aromatic carbocycles. The summed E-state index contributed by atoms with van der Waals surface area (Å²) in [5.41, 5.74) is 1.23. The lowest BCUT2D eigenvalue weighted by Crippen LogP contribution is -2.09. The van der Waals surface area contributed by atoms with Crippen molar-refractivity contribution >= 4 is 11.0 Å². The molecular formula is C18H15FO4. The Kier molecular flexibility index (Phi) is 3.78. The molecule has 0 unspecified atom stereocenters. The molecule has 0 spiro atoms. The highest BCUT2D eigenvalue weighted by molar-refractivity contribution is 5.87. The molecule has 0 fully saturated rings. The summed E-state index contributed by atoms with van der Waals surface area (Å²) in [5, 5.41) is 0.358. The molecule has 1 heterocycles. The zero-order valence-electron chi connectivity index (χ0n) is 13.0. The van der Waals surface area contributed by atoms with Gasteiger partial charge in [0.25, 0.3) is 0 Å². The van der Waals surface area contributed by atoms with E-state index < -0.39 is 0 Å². The lowest BCUT2D eigenvalue weighted by atomic mass is 10.1. The summed E-state index contributed by atoms with van der Waals surface area (Å²) < 4.78 is 29.5. The van der Waals surface area contributed by atoms with Crippen LogP contribution in [0.3, 0.4) is 0 Å². The Hall–Kier alpha value is -2.82. The fourth-order valence-electron chi connectivity index (χ4n) is 2.50. The van der Waals surface area contributed by atoms with Crippen molar-refractivity contribution in [1.29, 1.82) is 0 Å². The van der Waals surface area contributed by atoms with Gasteiger partial charge in [-0.3, -0.25) is 4.79 Å². The smallest absolute Gasteiger partial charge is 0.199 e. The van der Waals surface area contributed by atoms with Gasteiger partial charge >= 0.3 is 0 Å². The molecule has 0 aliphatic rings. The maximum Gasteiger partial charge on any atom is 0.199 e. The summed E-state index contributed by atoms with van der Waals surface area (Å²) in [7, 11) is 3.00. The van der Waals surface area contributed by atoms with Gasteiger partial charge in [-0.2, -0.15) is 0 Å². The number of methoxy groups -OCH3 is 2.